The fourth-order valence-electron chi connectivity index (χ4n) is 2.53. The number of ether oxygens (including phenoxy) is 1. The highest BCUT2D eigenvalue weighted by Gasteiger charge is 2.36. The molecular weight excluding hydrogens is 342 g/mol. The standard InChI is InChI=1S/C17H29N3O4S/c1-13(2)12-20(16(17(21)24-3)6-4-5-11-18)25(22,23)15-9-7-14(19)8-10-15/h7-10,13,16H,4-6,11-12,18-19H2,1-3H3/t16-/m0/s1. The van der Waals surface area contributed by atoms with Gasteiger partial charge in [-0.05, 0) is 56.0 Å². The quantitative estimate of drug-likeness (QED) is 0.366. The molecule has 0 amide bonds. The van der Waals surface area contributed by atoms with Crippen LogP contribution in [-0.4, -0.2) is 44.9 Å². The topological polar surface area (TPSA) is 116 Å². The van der Waals surface area contributed by atoms with Gasteiger partial charge in [0.2, 0.25) is 10.0 Å². The zero-order chi connectivity index (χ0) is 19.0. The molecule has 0 radical (unpaired) electrons. The van der Waals surface area contributed by atoms with Crippen LogP contribution in [0.2, 0.25) is 0 Å². The second-order valence-corrected chi connectivity index (χ2v) is 8.25. The Balaban J connectivity index is 3.26. The molecule has 1 rings (SSSR count). The molecule has 8 heteroatoms. The van der Waals surface area contributed by atoms with E-state index in [-0.39, 0.29) is 17.4 Å². The van der Waals surface area contributed by atoms with Crippen molar-refractivity contribution in [3.63, 3.8) is 0 Å². The van der Waals surface area contributed by atoms with E-state index in [9.17, 15) is 13.2 Å². The number of unbranched alkanes of at least 4 members (excludes halogenated alkanes) is 1. The number of nitrogen functional groups attached to an aromatic ring is 1. The zero-order valence-electron chi connectivity index (χ0n) is 15.1. The number of carbonyl (C=O) groups is 1. The van der Waals surface area contributed by atoms with E-state index in [1.165, 1.54) is 35.7 Å². The van der Waals surface area contributed by atoms with E-state index in [0.717, 1.165) is 0 Å². The van der Waals surface area contributed by atoms with Crippen molar-refractivity contribution < 1.29 is 17.9 Å². The predicted molar refractivity (Wildman–Crippen MR) is 98.3 cm³/mol. The van der Waals surface area contributed by atoms with E-state index < -0.39 is 22.0 Å². The molecule has 0 spiro atoms. The SMILES string of the molecule is COC(=O)[C@H](CCCCN)N(CC(C)C)S(=O)(=O)c1ccc(N)cc1. The maximum absolute atomic E-state index is 13.1. The second kappa shape index (κ2) is 9.74. The van der Waals surface area contributed by atoms with Crippen LogP contribution >= 0.6 is 0 Å². The summed E-state index contributed by atoms with van der Waals surface area (Å²) in [6.07, 6.45) is 1.72. The van der Waals surface area contributed by atoms with Crippen molar-refractivity contribution in [2.75, 3.05) is 25.9 Å². The molecule has 0 aromatic heterocycles. The van der Waals surface area contributed by atoms with Gasteiger partial charge in [0, 0.05) is 12.2 Å². The van der Waals surface area contributed by atoms with Crippen LogP contribution in [0.25, 0.3) is 0 Å². The molecule has 0 aliphatic rings. The summed E-state index contributed by atoms with van der Waals surface area (Å²) in [7, 11) is -2.59. The third-order valence-electron chi connectivity index (χ3n) is 3.78. The van der Waals surface area contributed by atoms with Gasteiger partial charge in [-0.25, -0.2) is 8.42 Å². The highest BCUT2D eigenvalue weighted by atomic mass is 32.2. The lowest BCUT2D eigenvalue weighted by atomic mass is 10.1. The van der Waals surface area contributed by atoms with E-state index in [1.807, 2.05) is 13.8 Å². The van der Waals surface area contributed by atoms with Crippen LogP contribution in [0.5, 0.6) is 0 Å². The first-order valence-electron chi connectivity index (χ1n) is 8.39. The number of rotatable bonds is 10. The maximum atomic E-state index is 13.1. The summed E-state index contributed by atoms with van der Waals surface area (Å²) in [5, 5.41) is 0. The van der Waals surface area contributed by atoms with Crippen LogP contribution in [0.4, 0.5) is 5.69 Å². The van der Waals surface area contributed by atoms with Crippen molar-refractivity contribution in [2.45, 2.75) is 44.0 Å². The lowest BCUT2D eigenvalue weighted by molar-refractivity contribution is -0.145. The Bertz CT molecular complexity index is 644. The molecular formula is C17H29N3O4S. The van der Waals surface area contributed by atoms with Crippen molar-refractivity contribution in [2.24, 2.45) is 11.7 Å². The van der Waals surface area contributed by atoms with Gasteiger partial charge in [0.15, 0.2) is 0 Å². The minimum absolute atomic E-state index is 0.0465. The Labute approximate surface area is 150 Å². The summed E-state index contributed by atoms with van der Waals surface area (Å²) in [5.41, 5.74) is 11.6. The number of benzene rings is 1. The Morgan fingerprint density at radius 2 is 1.80 bits per heavy atom. The normalized spacial score (nSPS) is 13.2. The Morgan fingerprint density at radius 3 is 2.28 bits per heavy atom. The third-order valence-corrected chi connectivity index (χ3v) is 5.67. The largest absolute Gasteiger partial charge is 0.468 e. The van der Waals surface area contributed by atoms with Crippen LogP contribution < -0.4 is 11.5 Å². The lowest BCUT2D eigenvalue weighted by Gasteiger charge is -2.30. The smallest absolute Gasteiger partial charge is 0.324 e. The summed E-state index contributed by atoms with van der Waals surface area (Å²) >= 11 is 0. The molecule has 0 heterocycles. The monoisotopic (exact) mass is 371 g/mol. The van der Waals surface area contributed by atoms with E-state index in [0.29, 0.717) is 31.5 Å². The molecule has 1 aromatic carbocycles. The van der Waals surface area contributed by atoms with Crippen molar-refractivity contribution in [1.82, 2.24) is 4.31 Å². The summed E-state index contributed by atoms with van der Waals surface area (Å²) in [6, 6.07) is 5.09. The molecule has 1 atom stereocenters. The maximum Gasteiger partial charge on any atom is 0.324 e. The number of hydrogen-bond acceptors (Lipinski definition) is 6. The molecule has 0 saturated heterocycles. The fourth-order valence-corrected chi connectivity index (χ4v) is 4.30. The van der Waals surface area contributed by atoms with E-state index in [1.54, 1.807) is 0 Å². The number of methoxy groups -OCH3 is 1. The first kappa shape index (κ1) is 21.4. The highest BCUT2D eigenvalue weighted by Crippen LogP contribution is 2.24. The van der Waals surface area contributed by atoms with Crippen LogP contribution in [0.1, 0.15) is 33.1 Å². The van der Waals surface area contributed by atoms with Gasteiger partial charge in [-0.1, -0.05) is 13.8 Å². The Morgan fingerprint density at radius 1 is 1.20 bits per heavy atom. The van der Waals surface area contributed by atoms with Gasteiger partial charge >= 0.3 is 5.97 Å². The number of carbonyl (C=O) groups excluding carboxylic acids is 1. The number of nitrogens with zero attached hydrogens (tertiary/aromatic N) is 1. The molecule has 25 heavy (non-hydrogen) atoms. The van der Waals surface area contributed by atoms with Crippen LogP contribution in [0.3, 0.4) is 0 Å². The minimum atomic E-state index is -3.86. The molecule has 142 valence electrons. The molecule has 0 aliphatic heterocycles. The van der Waals surface area contributed by atoms with Crippen LogP contribution in [0, 0.1) is 5.92 Å². The minimum Gasteiger partial charge on any atom is -0.468 e. The van der Waals surface area contributed by atoms with E-state index in [2.05, 4.69) is 0 Å². The molecule has 4 N–H and O–H groups in total. The summed E-state index contributed by atoms with van der Waals surface area (Å²) < 4.78 is 32.4. The first-order valence-corrected chi connectivity index (χ1v) is 9.83. The van der Waals surface area contributed by atoms with Crippen LogP contribution in [0.15, 0.2) is 29.2 Å². The van der Waals surface area contributed by atoms with Crippen molar-refractivity contribution >= 4 is 21.7 Å². The molecule has 1 aromatic rings. The molecule has 0 bridgehead atoms. The van der Waals surface area contributed by atoms with Crippen molar-refractivity contribution in [1.29, 1.82) is 0 Å². The third kappa shape index (κ3) is 5.98. The molecule has 0 saturated carbocycles. The van der Waals surface area contributed by atoms with Crippen molar-refractivity contribution in [3.05, 3.63) is 24.3 Å². The van der Waals surface area contributed by atoms with Gasteiger partial charge in [0.25, 0.3) is 0 Å². The second-order valence-electron chi connectivity index (χ2n) is 6.36. The zero-order valence-corrected chi connectivity index (χ0v) is 16.0. The number of hydrogen-bond donors (Lipinski definition) is 2. The van der Waals surface area contributed by atoms with Crippen LogP contribution in [-0.2, 0) is 19.6 Å². The molecule has 0 fully saturated rings. The van der Waals surface area contributed by atoms with Gasteiger partial charge in [0.1, 0.15) is 6.04 Å². The fraction of sp³-hybridized carbons (Fsp3) is 0.588. The number of sulfonamides is 1. The number of anilines is 1. The Kier molecular flexibility index (Phi) is 8.34. The van der Waals surface area contributed by atoms with Crippen molar-refractivity contribution in [3.8, 4) is 0 Å². The number of nitrogens with two attached hydrogens (primary N) is 2. The average Bonchev–Trinajstić information content (AvgIpc) is 2.56. The van der Waals surface area contributed by atoms with Gasteiger partial charge in [-0.2, -0.15) is 4.31 Å². The molecule has 0 unspecified atom stereocenters. The van der Waals surface area contributed by atoms with Gasteiger partial charge < -0.3 is 16.2 Å². The van der Waals surface area contributed by atoms with E-state index >= 15 is 0 Å². The van der Waals surface area contributed by atoms with Gasteiger partial charge in [-0.3, -0.25) is 4.79 Å². The van der Waals surface area contributed by atoms with E-state index in [4.69, 9.17) is 16.2 Å². The van der Waals surface area contributed by atoms with Gasteiger partial charge in [0.05, 0.1) is 12.0 Å². The average molecular weight is 372 g/mol. The predicted octanol–water partition coefficient (Wildman–Crippen LogP) is 1.59. The first-order chi connectivity index (χ1) is 11.7. The number of esters is 1. The summed E-state index contributed by atoms with van der Waals surface area (Å²) in [6.45, 7) is 4.51. The molecule has 7 nitrogen and oxygen atoms in total. The highest BCUT2D eigenvalue weighted by molar-refractivity contribution is 7.89. The Hall–Kier alpha value is -1.64. The summed E-state index contributed by atoms with van der Waals surface area (Å²) in [4.78, 5) is 12.4. The molecule has 0 aliphatic carbocycles. The lowest BCUT2D eigenvalue weighted by Crippen LogP contribution is -2.47. The summed E-state index contributed by atoms with van der Waals surface area (Å²) in [5.74, 6) is -0.512. The van der Waals surface area contributed by atoms with Gasteiger partial charge in [-0.15, -0.1) is 0 Å².